The van der Waals surface area contributed by atoms with Crippen LogP contribution in [0.2, 0.25) is 5.02 Å². The van der Waals surface area contributed by atoms with Crippen LogP contribution in [0.1, 0.15) is 12.0 Å². The van der Waals surface area contributed by atoms with Gasteiger partial charge in [0.1, 0.15) is 17.7 Å². The first-order chi connectivity index (χ1) is 9.72. The summed E-state index contributed by atoms with van der Waals surface area (Å²) in [6.07, 6.45) is 1.87. The van der Waals surface area contributed by atoms with Crippen LogP contribution in [0, 0.1) is 5.82 Å². The molecule has 1 N–H and O–H groups in total. The maximum absolute atomic E-state index is 13.0. The summed E-state index contributed by atoms with van der Waals surface area (Å²) in [6.45, 7) is 0.713. The van der Waals surface area contributed by atoms with Crippen molar-refractivity contribution >= 4 is 17.3 Å². The molecular weight excluding hydrogens is 277 g/mol. The van der Waals surface area contributed by atoms with Gasteiger partial charge in [-0.15, -0.1) is 0 Å². The Kier molecular flexibility index (Phi) is 3.79. The molecule has 20 heavy (non-hydrogen) atoms. The first-order valence-electron chi connectivity index (χ1n) is 6.66. The topological polar surface area (TPSA) is 21.3 Å². The fourth-order valence-electron chi connectivity index (χ4n) is 2.40. The SMILES string of the molecule is Fc1ccc(OC2CCc3ccccc3NC2)c(Cl)c1. The minimum absolute atomic E-state index is 0.0189. The summed E-state index contributed by atoms with van der Waals surface area (Å²) in [6, 6.07) is 12.5. The highest BCUT2D eigenvalue weighted by Crippen LogP contribution is 2.28. The van der Waals surface area contributed by atoms with Gasteiger partial charge >= 0.3 is 0 Å². The second-order valence-corrected chi connectivity index (χ2v) is 5.30. The molecule has 0 amide bonds. The van der Waals surface area contributed by atoms with Crippen molar-refractivity contribution in [3.8, 4) is 5.75 Å². The number of fused-ring (bicyclic) bond motifs is 1. The van der Waals surface area contributed by atoms with Gasteiger partial charge in [-0.25, -0.2) is 4.39 Å². The van der Waals surface area contributed by atoms with Crippen LogP contribution in [0.3, 0.4) is 0 Å². The molecule has 0 saturated heterocycles. The number of hydrogen-bond acceptors (Lipinski definition) is 2. The summed E-state index contributed by atoms with van der Waals surface area (Å²) in [5.41, 5.74) is 2.45. The summed E-state index contributed by atoms with van der Waals surface area (Å²) < 4.78 is 18.9. The molecule has 0 aliphatic carbocycles. The zero-order chi connectivity index (χ0) is 13.9. The summed E-state index contributed by atoms with van der Waals surface area (Å²) in [4.78, 5) is 0. The van der Waals surface area contributed by atoms with Gasteiger partial charge in [0.15, 0.2) is 0 Å². The number of rotatable bonds is 2. The van der Waals surface area contributed by atoms with Gasteiger partial charge < -0.3 is 10.1 Å². The van der Waals surface area contributed by atoms with Gasteiger partial charge in [0.25, 0.3) is 0 Å². The molecule has 1 aliphatic heterocycles. The minimum atomic E-state index is -0.353. The van der Waals surface area contributed by atoms with E-state index in [2.05, 4.69) is 17.4 Å². The Bertz CT molecular complexity index is 590. The van der Waals surface area contributed by atoms with Gasteiger partial charge in [-0.2, -0.15) is 0 Å². The molecule has 2 aromatic rings. The monoisotopic (exact) mass is 291 g/mol. The Hall–Kier alpha value is -1.74. The molecule has 1 aliphatic rings. The Morgan fingerprint density at radius 1 is 1.20 bits per heavy atom. The van der Waals surface area contributed by atoms with E-state index in [0.717, 1.165) is 18.5 Å². The molecule has 104 valence electrons. The third-order valence-corrected chi connectivity index (χ3v) is 3.76. The molecule has 1 unspecified atom stereocenters. The van der Waals surface area contributed by atoms with E-state index in [-0.39, 0.29) is 11.9 Å². The molecule has 0 radical (unpaired) electrons. The lowest BCUT2D eigenvalue weighted by Crippen LogP contribution is -2.25. The quantitative estimate of drug-likeness (QED) is 0.891. The standard InChI is InChI=1S/C16H15ClFNO/c17-14-9-12(18)6-8-16(14)20-13-7-5-11-3-1-2-4-15(11)19-10-13/h1-4,6,8-9,13,19H,5,7,10H2. The van der Waals surface area contributed by atoms with Gasteiger partial charge in [0.05, 0.1) is 11.6 Å². The Balaban J connectivity index is 1.71. The second kappa shape index (κ2) is 5.71. The lowest BCUT2D eigenvalue weighted by atomic mass is 10.1. The van der Waals surface area contributed by atoms with Crippen molar-refractivity contribution in [1.82, 2.24) is 0 Å². The average Bonchev–Trinajstić information content (AvgIpc) is 2.65. The van der Waals surface area contributed by atoms with Crippen LogP contribution in [0.5, 0.6) is 5.75 Å². The number of benzene rings is 2. The van der Waals surface area contributed by atoms with Gasteiger partial charge in [-0.1, -0.05) is 29.8 Å². The number of anilines is 1. The maximum atomic E-state index is 13.0. The van der Waals surface area contributed by atoms with Crippen LogP contribution in [0.15, 0.2) is 42.5 Å². The lowest BCUT2D eigenvalue weighted by Gasteiger charge is -2.18. The summed E-state index contributed by atoms with van der Waals surface area (Å²) in [5, 5.41) is 3.70. The van der Waals surface area contributed by atoms with E-state index in [9.17, 15) is 4.39 Å². The zero-order valence-corrected chi connectivity index (χ0v) is 11.7. The number of ether oxygens (including phenoxy) is 1. The summed E-state index contributed by atoms with van der Waals surface area (Å²) in [5.74, 6) is 0.180. The van der Waals surface area contributed by atoms with Gasteiger partial charge in [-0.05, 0) is 42.7 Å². The highest BCUT2D eigenvalue weighted by molar-refractivity contribution is 6.32. The van der Waals surface area contributed by atoms with Crippen molar-refractivity contribution in [3.63, 3.8) is 0 Å². The average molecular weight is 292 g/mol. The molecule has 0 spiro atoms. The van der Waals surface area contributed by atoms with Crippen molar-refractivity contribution in [2.24, 2.45) is 0 Å². The number of nitrogens with one attached hydrogen (secondary N) is 1. The van der Waals surface area contributed by atoms with Crippen LogP contribution in [0.4, 0.5) is 10.1 Å². The molecule has 0 saturated carbocycles. The highest BCUT2D eigenvalue weighted by atomic mass is 35.5. The number of aryl methyl sites for hydroxylation is 1. The van der Waals surface area contributed by atoms with Crippen molar-refractivity contribution in [2.75, 3.05) is 11.9 Å². The summed E-state index contributed by atoms with van der Waals surface area (Å²) >= 11 is 5.99. The normalized spacial score (nSPS) is 17.8. The Morgan fingerprint density at radius 2 is 2.05 bits per heavy atom. The minimum Gasteiger partial charge on any atom is -0.487 e. The van der Waals surface area contributed by atoms with Gasteiger partial charge in [0.2, 0.25) is 0 Å². The predicted molar refractivity (Wildman–Crippen MR) is 79.1 cm³/mol. The van der Waals surface area contributed by atoms with Gasteiger partial charge in [0, 0.05) is 5.69 Å². The molecule has 4 heteroatoms. The van der Waals surface area contributed by atoms with Gasteiger partial charge in [-0.3, -0.25) is 0 Å². The first-order valence-corrected chi connectivity index (χ1v) is 7.03. The Morgan fingerprint density at radius 3 is 2.90 bits per heavy atom. The van der Waals surface area contributed by atoms with E-state index < -0.39 is 0 Å². The fourth-order valence-corrected chi connectivity index (χ4v) is 2.62. The number of halogens is 2. The number of para-hydroxylation sites is 1. The molecular formula is C16H15ClFNO. The van der Waals surface area contributed by atoms with E-state index in [4.69, 9.17) is 16.3 Å². The van der Waals surface area contributed by atoms with Crippen molar-refractivity contribution in [1.29, 1.82) is 0 Å². The van der Waals surface area contributed by atoms with Crippen LogP contribution in [-0.2, 0) is 6.42 Å². The van der Waals surface area contributed by atoms with E-state index in [1.54, 1.807) is 6.07 Å². The van der Waals surface area contributed by atoms with Crippen LogP contribution in [-0.4, -0.2) is 12.6 Å². The zero-order valence-electron chi connectivity index (χ0n) is 10.9. The fraction of sp³-hybridized carbons (Fsp3) is 0.250. The van der Waals surface area contributed by atoms with E-state index in [1.807, 2.05) is 12.1 Å². The molecule has 0 aromatic heterocycles. The van der Waals surface area contributed by atoms with Crippen molar-refractivity contribution in [3.05, 3.63) is 58.9 Å². The van der Waals surface area contributed by atoms with Crippen molar-refractivity contribution < 1.29 is 9.13 Å². The van der Waals surface area contributed by atoms with Crippen molar-refractivity contribution in [2.45, 2.75) is 18.9 Å². The first kappa shape index (κ1) is 13.3. The third kappa shape index (κ3) is 2.88. The largest absolute Gasteiger partial charge is 0.487 e. The maximum Gasteiger partial charge on any atom is 0.138 e. The third-order valence-electron chi connectivity index (χ3n) is 3.46. The highest BCUT2D eigenvalue weighted by Gasteiger charge is 2.17. The van der Waals surface area contributed by atoms with E-state index >= 15 is 0 Å². The van der Waals surface area contributed by atoms with E-state index in [1.165, 1.54) is 17.7 Å². The van der Waals surface area contributed by atoms with E-state index in [0.29, 0.717) is 17.3 Å². The molecule has 1 atom stereocenters. The van der Waals surface area contributed by atoms with Crippen LogP contribution >= 0.6 is 11.6 Å². The number of hydrogen-bond donors (Lipinski definition) is 1. The molecule has 0 bridgehead atoms. The molecule has 2 aromatic carbocycles. The van der Waals surface area contributed by atoms with Crippen LogP contribution in [0.25, 0.3) is 0 Å². The molecule has 1 heterocycles. The molecule has 0 fully saturated rings. The molecule has 2 nitrogen and oxygen atoms in total. The predicted octanol–water partition coefficient (Wildman–Crippen LogP) is 4.28. The lowest BCUT2D eigenvalue weighted by molar-refractivity contribution is 0.206. The smallest absolute Gasteiger partial charge is 0.138 e. The molecule has 3 rings (SSSR count). The Labute approximate surface area is 122 Å². The second-order valence-electron chi connectivity index (χ2n) is 4.89. The summed E-state index contributed by atoms with van der Waals surface area (Å²) in [7, 11) is 0. The van der Waals surface area contributed by atoms with Crippen LogP contribution < -0.4 is 10.1 Å².